The van der Waals surface area contributed by atoms with Crippen molar-refractivity contribution in [3.8, 4) is 0 Å². The van der Waals surface area contributed by atoms with Crippen LogP contribution < -0.4 is 10.6 Å². The number of urea groups is 1. The average Bonchev–Trinajstić information content (AvgIpc) is 3.26. The summed E-state index contributed by atoms with van der Waals surface area (Å²) in [6.07, 6.45) is 0.933. The maximum Gasteiger partial charge on any atom is 0.321 e. The van der Waals surface area contributed by atoms with Crippen molar-refractivity contribution in [1.82, 2.24) is 15.5 Å². The Bertz CT molecular complexity index is 715. The highest BCUT2D eigenvalue weighted by Crippen LogP contribution is 2.39. The summed E-state index contributed by atoms with van der Waals surface area (Å²) in [6.45, 7) is 1.77. The molecule has 0 aliphatic carbocycles. The Labute approximate surface area is 154 Å². The van der Waals surface area contributed by atoms with Gasteiger partial charge in [-0.1, -0.05) is 6.07 Å². The summed E-state index contributed by atoms with van der Waals surface area (Å²) < 4.78 is 4.87. The lowest BCUT2D eigenvalue weighted by Crippen LogP contribution is -2.47. The maximum atomic E-state index is 12.3. The summed E-state index contributed by atoms with van der Waals surface area (Å²) in [7, 11) is 1.56. The number of methoxy groups -OCH3 is 1. The predicted octanol–water partition coefficient (Wildman–Crippen LogP) is 2.23. The highest BCUT2D eigenvalue weighted by molar-refractivity contribution is 7.10. The Balaban J connectivity index is 1.65. The SMILES string of the molecule is COCCNC(=O)NC(=O)CN1CCc2sccc2[C@H]1c1cccs1. The third kappa shape index (κ3) is 4.46. The van der Waals surface area contributed by atoms with Gasteiger partial charge < -0.3 is 10.1 Å². The van der Waals surface area contributed by atoms with E-state index in [1.54, 1.807) is 29.8 Å². The summed E-state index contributed by atoms with van der Waals surface area (Å²) in [5.41, 5.74) is 1.27. The Morgan fingerprint density at radius 3 is 2.96 bits per heavy atom. The number of hydrogen-bond donors (Lipinski definition) is 2. The van der Waals surface area contributed by atoms with E-state index >= 15 is 0 Å². The number of nitrogens with zero attached hydrogens (tertiary/aromatic N) is 1. The number of amides is 3. The molecule has 8 heteroatoms. The molecule has 0 unspecified atom stereocenters. The van der Waals surface area contributed by atoms with Gasteiger partial charge in [0, 0.05) is 30.0 Å². The smallest absolute Gasteiger partial charge is 0.321 e. The monoisotopic (exact) mass is 379 g/mol. The zero-order valence-corrected chi connectivity index (χ0v) is 15.6. The number of fused-ring (bicyclic) bond motifs is 1. The van der Waals surface area contributed by atoms with Crippen molar-refractivity contribution in [2.45, 2.75) is 12.5 Å². The van der Waals surface area contributed by atoms with Crippen molar-refractivity contribution in [2.75, 3.05) is 33.4 Å². The molecule has 1 aliphatic rings. The molecule has 0 radical (unpaired) electrons. The van der Waals surface area contributed by atoms with Gasteiger partial charge in [-0.05, 0) is 34.9 Å². The number of thiophene rings is 2. The number of imide groups is 1. The molecule has 0 fully saturated rings. The first-order chi connectivity index (χ1) is 12.2. The van der Waals surface area contributed by atoms with Crippen LogP contribution in [0, 0.1) is 0 Å². The van der Waals surface area contributed by atoms with Gasteiger partial charge in [0.25, 0.3) is 0 Å². The van der Waals surface area contributed by atoms with E-state index in [0.717, 1.165) is 13.0 Å². The Hall–Kier alpha value is -1.74. The second-order valence-electron chi connectivity index (χ2n) is 5.73. The number of carbonyl (C=O) groups is 2. The van der Waals surface area contributed by atoms with E-state index < -0.39 is 6.03 Å². The first-order valence-corrected chi connectivity index (χ1v) is 9.85. The number of hydrogen-bond acceptors (Lipinski definition) is 6. The second kappa shape index (κ2) is 8.57. The minimum absolute atomic E-state index is 0.0808. The molecule has 6 nitrogen and oxygen atoms in total. The molecule has 25 heavy (non-hydrogen) atoms. The quantitative estimate of drug-likeness (QED) is 0.755. The number of nitrogens with one attached hydrogen (secondary N) is 2. The van der Waals surface area contributed by atoms with Gasteiger partial charge >= 0.3 is 6.03 Å². The molecule has 0 bridgehead atoms. The van der Waals surface area contributed by atoms with Crippen LogP contribution in [0.4, 0.5) is 4.79 Å². The molecule has 134 valence electrons. The third-order valence-corrected chi connectivity index (χ3v) is 5.99. The minimum Gasteiger partial charge on any atom is -0.383 e. The summed E-state index contributed by atoms with van der Waals surface area (Å²) in [4.78, 5) is 28.7. The average molecular weight is 380 g/mol. The zero-order valence-electron chi connectivity index (χ0n) is 14.0. The van der Waals surface area contributed by atoms with Crippen LogP contribution in [-0.4, -0.2) is 50.2 Å². The first-order valence-electron chi connectivity index (χ1n) is 8.09. The lowest BCUT2D eigenvalue weighted by atomic mass is 9.98. The van der Waals surface area contributed by atoms with Gasteiger partial charge in [-0.2, -0.15) is 0 Å². The summed E-state index contributed by atoms with van der Waals surface area (Å²) in [5.74, 6) is -0.296. The van der Waals surface area contributed by atoms with E-state index in [1.165, 1.54) is 15.3 Å². The van der Waals surface area contributed by atoms with Crippen LogP contribution in [0.2, 0.25) is 0 Å². The lowest BCUT2D eigenvalue weighted by molar-refractivity contribution is -0.121. The highest BCUT2D eigenvalue weighted by Gasteiger charge is 2.31. The topological polar surface area (TPSA) is 70.7 Å². The molecule has 2 aromatic rings. The van der Waals surface area contributed by atoms with Crippen molar-refractivity contribution in [2.24, 2.45) is 0 Å². The molecular formula is C17H21N3O3S2. The van der Waals surface area contributed by atoms with Gasteiger partial charge in [0.1, 0.15) is 0 Å². The Morgan fingerprint density at radius 2 is 2.20 bits per heavy atom. The van der Waals surface area contributed by atoms with Crippen molar-refractivity contribution in [3.63, 3.8) is 0 Å². The fourth-order valence-electron chi connectivity index (χ4n) is 2.98. The van der Waals surface area contributed by atoms with E-state index in [9.17, 15) is 9.59 Å². The van der Waals surface area contributed by atoms with Gasteiger partial charge in [0.05, 0.1) is 19.2 Å². The summed E-state index contributed by atoms with van der Waals surface area (Å²) in [5, 5.41) is 9.14. The van der Waals surface area contributed by atoms with Gasteiger partial charge in [0.15, 0.2) is 0 Å². The van der Waals surface area contributed by atoms with Crippen LogP contribution in [0.15, 0.2) is 29.0 Å². The van der Waals surface area contributed by atoms with Gasteiger partial charge in [-0.15, -0.1) is 22.7 Å². The lowest BCUT2D eigenvalue weighted by Gasteiger charge is -2.34. The molecule has 3 heterocycles. The van der Waals surface area contributed by atoms with Crippen LogP contribution >= 0.6 is 22.7 Å². The molecule has 3 rings (SSSR count). The fraction of sp³-hybridized carbons (Fsp3) is 0.412. The van der Waals surface area contributed by atoms with Crippen molar-refractivity contribution < 1.29 is 14.3 Å². The van der Waals surface area contributed by atoms with Crippen LogP contribution in [0.5, 0.6) is 0 Å². The molecule has 0 saturated carbocycles. The number of rotatable bonds is 6. The summed E-state index contributed by atoms with van der Waals surface area (Å²) >= 11 is 3.46. The molecule has 0 spiro atoms. The molecule has 2 aromatic heterocycles. The van der Waals surface area contributed by atoms with E-state index in [1.807, 2.05) is 6.07 Å². The molecule has 0 aromatic carbocycles. The van der Waals surface area contributed by atoms with Crippen molar-refractivity contribution >= 4 is 34.6 Å². The standard InChI is InChI=1S/C17H21N3O3S2/c1-23-8-6-18-17(22)19-15(21)11-20-7-4-13-12(5-10-25-13)16(20)14-3-2-9-24-14/h2-3,5,9-10,16H,4,6-8,11H2,1H3,(H2,18,19,21,22)/t16-/m0/s1. The highest BCUT2D eigenvalue weighted by atomic mass is 32.1. The largest absolute Gasteiger partial charge is 0.383 e. The molecule has 3 amide bonds. The normalized spacial score (nSPS) is 17.1. The van der Waals surface area contributed by atoms with E-state index in [2.05, 4.69) is 38.4 Å². The third-order valence-electron chi connectivity index (χ3n) is 4.07. The Kier molecular flexibility index (Phi) is 6.19. The minimum atomic E-state index is -0.483. The van der Waals surface area contributed by atoms with E-state index in [0.29, 0.717) is 13.2 Å². The van der Waals surface area contributed by atoms with Crippen LogP contribution in [0.1, 0.15) is 21.4 Å². The fourth-order valence-corrected chi connectivity index (χ4v) is 4.76. The number of ether oxygens (including phenoxy) is 1. The van der Waals surface area contributed by atoms with Gasteiger partial charge in [-0.3, -0.25) is 15.0 Å². The molecule has 2 N–H and O–H groups in total. The van der Waals surface area contributed by atoms with Crippen LogP contribution in [0.25, 0.3) is 0 Å². The van der Waals surface area contributed by atoms with Crippen molar-refractivity contribution in [3.05, 3.63) is 44.3 Å². The van der Waals surface area contributed by atoms with Gasteiger partial charge in [0.2, 0.25) is 5.91 Å². The van der Waals surface area contributed by atoms with Crippen LogP contribution in [-0.2, 0) is 16.0 Å². The second-order valence-corrected chi connectivity index (χ2v) is 7.71. The van der Waals surface area contributed by atoms with E-state index in [-0.39, 0.29) is 18.5 Å². The molecular weight excluding hydrogens is 358 g/mol. The predicted molar refractivity (Wildman–Crippen MR) is 99.2 cm³/mol. The Morgan fingerprint density at radius 1 is 1.32 bits per heavy atom. The zero-order chi connectivity index (χ0) is 17.6. The molecule has 1 aliphatic heterocycles. The van der Waals surface area contributed by atoms with Gasteiger partial charge in [-0.25, -0.2) is 4.79 Å². The van der Waals surface area contributed by atoms with Crippen molar-refractivity contribution in [1.29, 1.82) is 0 Å². The molecule has 1 atom stereocenters. The van der Waals surface area contributed by atoms with E-state index in [4.69, 9.17) is 4.74 Å². The first kappa shape index (κ1) is 18.1. The summed E-state index contributed by atoms with van der Waals surface area (Å²) in [6, 6.07) is 5.87. The number of carbonyl (C=O) groups excluding carboxylic acids is 2. The molecule has 0 saturated heterocycles. The van der Waals surface area contributed by atoms with Crippen LogP contribution in [0.3, 0.4) is 0 Å². The maximum absolute atomic E-state index is 12.3.